The summed E-state index contributed by atoms with van der Waals surface area (Å²) in [5.41, 5.74) is 3.02. The molecule has 0 radical (unpaired) electrons. The second-order valence-electron chi connectivity index (χ2n) is 6.20. The molecule has 0 aliphatic carbocycles. The molecule has 1 amide bonds. The van der Waals surface area contributed by atoms with Gasteiger partial charge in [0.1, 0.15) is 18.3 Å². The number of imidazole rings is 1. The maximum absolute atomic E-state index is 12.7. The van der Waals surface area contributed by atoms with E-state index in [-0.39, 0.29) is 17.9 Å². The van der Waals surface area contributed by atoms with Crippen molar-refractivity contribution in [2.24, 2.45) is 0 Å². The highest BCUT2D eigenvalue weighted by atomic mass is 16.5. The van der Waals surface area contributed by atoms with Gasteiger partial charge in [0, 0.05) is 23.6 Å². The number of hydrogen-bond acceptors (Lipinski definition) is 3. The fourth-order valence-corrected chi connectivity index (χ4v) is 3.14. The maximum atomic E-state index is 12.7. The Morgan fingerprint density at radius 1 is 1.28 bits per heavy atom. The number of carbonyl (C=O) groups excluding carboxylic acids is 1. The molecule has 5 heteroatoms. The van der Waals surface area contributed by atoms with Gasteiger partial charge in [-0.25, -0.2) is 4.98 Å². The molecule has 1 N–H and O–H groups in total. The van der Waals surface area contributed by atoms with Crippen LogP contribution >= 0.6 is 0 Å². The van der Waals surface area contributed by atoms with E-state index in [4.69, 9.17) is 4.74 Å². The molecule has 126 valence electrons. The van der Waals surface area contributed by atoms with Crippen LogP contribution in [0.3, 0.4) is 0 Å². The number of benzene rings is 2. The molecule has 1 aliphatic heterocycles. The number of fused-ring (bicyclic) bond motifs is 1. The Morgan fingerprint density at radius 2 is 2.16 bits per heavy atom. The number of ether oxygens (including phenoxy) is 1. The topological polar surface area (TPSA) is 56.1 Å². The quantitative estimate of drug-likeness (QED) is 0.797. The minimum Gasteiger partial charge on any atom is -0.492 e. The summed E-state index contributed by atoms with van der Waals surface area (Å²) in [6.07, 6.45) is 5.40. The minimum atomic E-state index is -0.254. The van der Waals surface area contributed by atoms with Crippen LogP contribution < -0.4 is 10.1 Å². The molecule has 0 saturated heterocycles. The predicted octanol–water partition coefficient (Wildman–Crippen LogP) is 3.23. The van der Waals surface area contributed by atoms with Gasteiger partial charge < -0.3 is 14.6 Å². The third kappa shape index (κ3) is 3.01. The molecule has 0 spiro atoms. The summed E-state index contributed by atoms with van der Waals surface area (Å²) >= 11 is 0. The lowest BCUT2D eigenvalue weighted by atomic mass is 9.99. The lowest BCUT2D eigenvalue weighted by Gasteiger charge is -2.18. The minimum absolute atomic E-state index is 0.00881. The van der Waals surface area contributed by atoms with Gasteiger partial charge in [-0.3, -0.25) is 4.79 Å². The van der Waals surface area contributed by atoms with Crippen LogP contribution in [0.4, 0.5) is 0 Å². The van der Waals surface area contributed by atoms with Gasteiger partial charge in [0.2, 0.25) is 5.91 Å². The van der Waals surface area contributed by atoms with E-state index in [2.05, 4.69) is 16.4 Å². The van der Waals surface area contributed by atoms with Gasteiger partial charge in [-0.05, 0) is 30.7 Å². The van der Waals surface area contributed by atoms with Gasteiger partial charge in [0.05, 0.1) is 12.4 Å². The van der Waals surface area contributed by atoms with Gasteiger partial charge in [-0.1, -0.05) is 30.3 Å². The van der Waals surface area contributed by atoms with Crippen LogP contribution in [0.15, 0.2) is 67.3 Å². The maximum Gasteiger partial charge on any atom is 0.231 e. The normalized spacial score (nSPS) is 16.8. The van der Waals surface area contributed by atoms with Crippen molar-refractivity contribution in [3.8, 4) is 11.4 Å². The van der Waals surface area contributed by atoms with Crippen molar-refractivity contribution in [1.29, 1.82) is 0 Å². The van der Waals surface area contributed by atoms with E-state index in [9.17, 15) is 4.79 Å². The zero-order valence-electron chi connectivity index (χ0n) is 13.9. The smallest absolute Gasteiger partial charge is 0.231 e. The predicted molar refractivity (Wildman–Crippen MR) is 94.8 cm³/mol. The Labute approximate surface area is 146 Å². The zero-order chi connectivity index (χ0) is 17.2. The third-order valence-corrected chi connectivity index (χ3v) is 4.55. The van der Waals surface area contributed by atoms with Crippen molar-refractivity contribution >= 4 is 5.91 Å². The van der Waals surface area contributed by atoms with E-state index in [1.165, 1.54) is 0 Å². The van der Waals surface area contributed by atoms with Crippen molar-refractivity contribution in [1.82, 2.24) is 14.9 Å². The van der Waals surface area contributed by atoms with E-state index in [1.54, 1.807) is 12.5 Å². The largest absolute Gasteiger partial charge is 0.492 e. The molecule has 0 fully saturated rings. The molecular formula is C20H19N3O2. The molecule has 0 bridgehead atoms. The third-order valence-electron chi connectivity index (χ3n) is 4.55. The summed E-state index contributed by atoms with van der Waals surface area (Å²) < 4.78 is 7.56. The Bertz CT molecular complexity index is 889. The van der Waals surface area contributed by atoms with E-state index in [0.29, 0.717) is 6.61 Å². The number of aromatic nitrogens is 2. The van der Waals surface area contributed by atoms with Gasteiger partial charge in [-0.2, -0.15) is 0 Å². The fourth-order valence-electron chi connectivity index (χ4n) is 3.14. The van der Waals surface area contributed by atoms with Gasteiger partial charge in [0.15, 0.2) is 0 Å². The Morgan fingerprint density at radius 3 is 3.00 bits per heavy atom. The summed E-state index contributed by atoms with van der Waals surface area (Å²) in [5, 5.41) is 3.11. The highest BCUT2D eigenvalue weighted by Gasteiger charge is 2.30. The van der Waals surface area contributed by atoms with Crippen molar-refractivity contribution < 1.29 is 9.53 Å². The summed E-state index contributed by atoms with van der Waals surface area (Å²) in [4.78, 5) is 16.8. The number of hydrogen-bond donors (Lipinski definition) is 1. The molecule has 25 heavy (non-hydrogen) atoms. The molecule has 0 saturated carbocycles. The van der Waals surface area contributed by atoms with Crippen LogP contribution in [0.2, 0.25) is 0 Å². The standard InChI is InChI=1S/C20H19N3O2/c1-14(15-5-4-6-16(11-15)23-10-9-21-13-23)22-20(24)18-12-25-19-8-3-2-7-17(18)19/h2-11,13-14,18H,12H2,1H3,(H,22,24)/t14-,18-/m0/s1. The molecule has 2 aromatic carbocycles. The van der Waals surface area contributed by atoms with Crippen LogP contribution in [0.5, 0.6) is 5.75 Å². The van der Waals surface area contributed by atoms with Crippen LogP contribution in [0.25, 0.3) is 5.69 Å². The molecule has 1 aromatic heterocycles. The van der Waals surface area contributed by atoms with Gasteiger partial charge >= 0.3 is 0 Å². The molecule has 0 unspecified atom stereocenters. The Kier molecular flexibility index (Phi) is 3.98. The summed E-state index contributed by atoms with van der Waals surface area (Å²) in [5.74, 6) is 0.540. The molecule has 5 nitrogen and oxygen atoms in total. The molecule has 3 aromatic rings. The number of carbonyl (C=O) groups is 1. The van der Waals surface area contributed by atoms with Crippen LogP contribution in [0.1, 0.15) is 30.0 Å². The molecule has 2 heterocycles. The fraction of sp³-hybridized carbons (Fsp3) is 0.200. The lowest BCUT2D eigenvalue weighted by molar-refractivity contribution is -0.123. The second-order valence-corrected chi connectivity index (χ2v) is 6.20. The number of amides is 1. The monoisotopic (exact) mass is 333 g/mol. The SMILES string of the molecule is C[C@H](NC(=O)[C@H]1COc2ccccc21)c1cccc(-n2ccnc2)c1. The molecule has 2 atom stereocenters. The Balaban J connectivity index is 1.50. The molecule has 4 rings (SSSR count). The van der Waals surface area contributed by atoms with Crippen molar-refractivity contribution in [2.75, 3.05) is 6.61 Å². The summed E-state index contributed by atoms with van der Waals surface area (Å²) in [6.45, 7) is 2.39. The van der Waals surface area contributed by atoms with Crippen LogP contribution in [-0.2, 0) is 4.79 Å². The highest BCUT2D eigenvalue weighted by molar-refractivity contribution is 5.85. The van der Waals surface area contributed by atoms with E-state index in [1.807, 2.05) is 60.2 Å². The number of rotatable bonds is 4. The lowest BCUT2D eigenvalue weighted by Crippen LogP contribution is -2.32. The van der Waals surface area contributed by atoms with Crippen molar-refractivity contribution in [3.05, 3.63) is 78.4 Å². The average molecular weight is 333 g/mol. The average Bonchev–Trinajstić information content (AvgIpc) is 3.31. The molecular weight excluding hydrogens is 314 g/mol. The zero-order valence-corrected chi connectivity index (χ0v) is 13.9. The first-order chi connectivity index (χ1) is 12.2. The van der Waals surface area contributed by atoms with E-state index in [0.717, 1.165) is 22.6 Å². The highest BCUT2D eigenvalue weighted by Crippen LogP contribution is 2.34. The Hall–Kier alpha value is -3.08. The number of para-hydroxylation sites is 1. The van der Waals surface area contributed by atoms with Gasteiger partial charge in [-0.15, -0.1) is 0 Å². The summed E-state index contributed by atoms with van der Waals surface area (Å²) in [7, 11) is 0. The van der Waals surface area contributed by atoms with Crippen LogP contribution in [-0.4, -0.2) is 22.1 Å². The van der Waals surface area contributed by atoms with E-state index < -0.39 is 0 Å². The first-order valence-corrected chi connectivity index (χ1v) is 8.33. The molecule has 1 aliphatic rings. The van der Waals surface area contributed by atoms with Crippen LogP contribution in [0, 0.1) is 0 Å². The first-order valence-electron chi connectivity index (χ1n) is 8.33. The van der Waals surface area contributed by atoms with Crippen molar-refractivity contribution in [2.45, 2.75) is 18.9 Å². The number of nitrogens with zero attached hydrogens (tertiary/aromatic N) is 2. The summed E-state index contributed by atoms with van der Waals surface area (Å²) in [6, 6.07) is 15.7. The second kappa shape index (κ2) is 6.43. The van der Waals surface area contributed by atoms with Crippen molar-refractivity contribution in [3.63, 3.8) is 0 Å². The first kappa shape index (κ1) is 15.4. The van der Waals surface area contributed by atoms with Gasteiger partial charge in [0.25, 0.3) is 0 Å². The van der Waals surface area contributed by atoms with E-state index >= 15 is 0 Å². The number of nitrogens with one attached hydrogen (secondary N) is 1.